The van der Waals surface area contributed by atoms with Gasteiger partial charge in [0, 0.05) is 17.5 Å². The summed E-state index contributed by atoms with van der Waals surface area (Å²) in [6.45, 7) is 5.53. The minimum Gasteiger partial charge on any atom is -0.307 e. The molecule has 3 rings (SSSR count). The lowest BCUT2D eigenvalue weighted by Crippen LogP contribution is -2.23. The van der Waals surface area contributed by atoms with Crippen molar-refractivity contribution in [2.45, 2.75) is 32.4 Å². The van der Waals surface area contributed by atoms with Crippen molar-refractivity contribution < 1.29 is 26.7 Å². The van der Waals surface area contributed by atoms with Gasteiger partial charge in [0.2, 0.25) is 0 Å². The number of para-hydroxylation sites is 1. The van der Waals surface area contributed by atoms with Crippen LogP contribution in [-0.4, -0.2) is 15.8 Å². The highest BCUT2D eigenvalue weighted by atomic mass is 19.4. The molecule has 10 heteroatoms. The summed E-state index contributed by atoms with van der Waals surface area (Å²) in [7, 11) is 0. The van der Waals surface area contributed by atoms with Crippen LogP contribution in [0, 0.1) is 11.6 Å². The molecule has 0 aliphatic rings. The minimum atomic E-state index is -4.66. The van der Waals surface area contributed by atoms with Crippen LogP contribution in [0.3, 0.4) is 0 Å². The number of nitrogens with one attached hydrogen (secondary N) is 2. The molecule has 0 atom stereocenters. The van der Waals surface area contributed by atoms with Gasteiger partial charge in [-0.15, -0.1) is 0 Å². The second kappa shape index (κ2) is 8.01. The number of anilines is 2. The highest BCUT2D eigenvalue weighted by Gasteiger charge is 2.33. The van der Waals surface area contributed by atoms with Gasteiger partial charge < -0.3 is 5.32 Å². The van der Waals surface area contributed by atoms with E-state index in [0.717, 1.165) is 28.9 Å². The van der Waals surface area contributed by atoms with Gasteiger partial charge in [-0.25, -0.2) is 18.3 Å². The molecule has 0 fully saturated rings. The van der Waals surface area contributed by atoms with Crippen LogP contribution in [0.1, 0.15) is 32.0 Å². The van der Waals surface area contributed by atoms with Gasteiger partial charge in [-0.3, -0.25) is 5.32 Å². The molecule has 0 saturated carbocycles. The van der Waals surface area contributed by atoms with Gasteiger partial charge >= 0.3 is 12.2 Å². The Morgan fingerprint density at radius 1 is 0.935 bits per heavy atom. The SMILES string of the molecule is CC(C)(C)c1cc(NC(=O)Nc2ccccc2C(F)(F)F)n(-c2cc(F)cc(F)c2)n1. The number of rotatable bonds is 3. The van der Waals surface area contributed by atoms with Crippen LogP contribution in [0.15, 0.2) is 48.5 Å². The summed E-state index contributed by atoms with van der Waals surface area (Å²) in [5.41, 5.74) is -1.44. The van der Waals surface area contributed by atoms with Crippen molar-refractivity contribution in [3.63, 3.8) is 0 Å². The Hall–Kier alpha value is -3.43. The first-order valence-corrected chi connectivity index (χ1v) is 9.16. The first-order chi connectivity index (χ1) is 14.3. The fourth-order valence-electron chi connectivity index (χ4n) is 2.80. The molecule has 5 nitrogen and oxygen atoms in total. The van der Waals surface area contributed by atoms with Crippen molar-refractivity contribution in [1.29, 1.82) is 0 Å². The lowest BCUT2D eigenvalue weighted by atomic mass is 9.92. The molecule has 0 unspecified atom stereocenters. The standard InChI is InChI=1S/C21H19F5N4O/c1-20(2,3)17-11-18(30(29-17)14-9-12(22)8-13(23)10-14)28-19(31)27-16-7-5-4-6-15(16)21(24,25)26/h4-11H,1-3H3,(H2,27,28,31). The summed E-state index contributed by atoms with van der Waals surface area (Å²) in [5.74, 6) is -1.67. The third-order valence-corrected chi connectivity index (χ3v) is 4.29. The summed E-state index contributed by atoms with van der Waals surface area (Å²) >= 11 is 0. The summed E-state index contributed by atoms with van der Waals surface area (Å²) in [5, 5.41) is 8.87. The Morgan fingerprint density at radius 2 is 1.55 bits per heavy atom. The van der Waals surface area contributed by atoms with Gasteiger partial charge in [-0.2, -0.15) is 18.3 Å². The Bertz CT molecular complexity index is 1100. The van der Waals surface area contributed by atoms with Gasteiger partial charge in [0.25, 0.3) is 0 Å². The largest absolute Gasteiger partial charge is 0.418 e. The number of carbonyl (C=O) groups excluding carboxylic acids is 1. The van der Waals surface area contributed by atoms with E-state index in [0.29, 0.717) is 11.8 Å². The van der Waals surface area contributed by atoms with E-state index < -0.39 is 40.5 Å². The quantitative estimate of drug-likeness (QED) is 0.485. The number of hydrogen-bond donors (Lipinski definition) is 2. The Balaban J connectivity index is 1.96. The normalized spacial score (nSPS) is 12.0. The molecular formula is C21H19F5N4O. The summed E-state index contributed by atoms with van der Waals surface area (Å²) in [6.07, 6.45) is -4.66. The van der Waals surface area contributed by atoms with Crippen LogP contribution in [0.2, 0.25) is 0 Å². The molecule has 0 radical (unpaired) electrons. The maximum Gasteiger partial charge on any atom is 0.418 e. The van der Waals surface area contributed by atoms with E-state index >= 15 is 0 Å². The fraction of sp³-hybridized carbons (Fsp3) is 0.238. The van der Waals surface area contributed by atoms with Crippen LogP contribution in [0.25, 0.3) is 5.69 Å². The van der Waals surface area contributed by atoms with Crippen LogP contribution in [-0.2, 0) is 11.6 Å². The number of benzene rings is 2. The number of aromatic nitrogens is 2. The molecule has 1 aromatic heterocycles. The van der Waals surface area contributed by atoms with Crippen LogP contribution < -0.4 is 10.6 Å². The van der Waals surface area contributed by atoms with E-state index in [1.807, 2.05) is 20.8 Å². The highest BCUT2D eigenvalue weighted by Crippen LogP contribution is 2.34. The first kappa shape index (κ1) is 22.3. The maximum atomic E-state index is 13.7. The summed E-state index contributed by atoms with van der Waals surface area (Å²) < 4.78 is 68.0. The molecule has 1 heterocycles. The van der Waals surface area contributed by atoms with Crippen molar-refractivity contribution in [2.75, 3.05) is 10.6 Å². The number of halogens is 5. The molecule has 0 bridgehead atoms. The maximum absolute atomic E-state index is 13.7. The molecule has 2 amide bonds. The van der Waals surface area contributed by atoms with E-state index in [1.54, 1.807) is 0 Å². The molecule has 0 aliphatic carbocycles. The highest BCUT2D eigenvalue weighted by molar-refractivity contribution is 6.00. The monoisotopic (exact) mass is 438 g/mol. The Morgan fingerprint density at radius 3 is 2.13 bits per heavy atom. The molecule has 0 aliphatic heterocycles. The number of alkyl halides is 3. The zero-order valence-electron chi connectivity index (χ0n) is 16.8. The molecular weight excluding hydrogens is 419 g/mol. The summed E-state index contributed by atoms with van der Waals surface area (Å²) in [6, 6.07) is 7.74. The average molecular weight is 438 g/mol. The number of carbonyl (C=O) groups is 1. The molecule has 0 spiro atoms. The van der Waals surface area contributed by atoms with Crippen LogP contribution >= 0.6 is 0 Å². The van der Waals surface area contributed by atoms with Crippen molar-refractivity contribution in [3.8, 4) is 5.69 Å². The number of nitrogens with zero attached hydrogens (tertiary/aromatic N) is 2. The van der Waals surface area contributed by atoms with Gasteiger partial charge in [0.1, 0.15) is 17.5 Å². The third kappa shape index (κ3) is 5.19. The second-order valence-corrected chi connectivity index (χ2v) is 7.83. The Labute approximate surface area is 174 Å². The predicted molar refractivity (Wildman–Crippen MR) is 106 cm³/mol. The molecule has 3 aromatic rings. The van der Waals surface area contributed by atoms with E-state index in [9.17, 15) is 26.7 Å². The fourth-order valence-corrected chi connectivity index (χ4v) is 2.80. The second-order valence-electron chi connectivity index (χ2n) is 7.83. The van der Waals surface area contributed by atoms with E-state index in [4.69, 9.17) is 0 Å². The lowest BCUT2D eigenvalue weighted by molar-refractivity contribution is -0.136. The lowest BCUT2D eigenvalue weighted by Gasteiger charge is -2.14. The smallest absolute Gasteiger partial charge is 0.307 e. The van der Waals surface area contributed by atoms with Crippen LogP contribution in [0.4, 0.5) is 38.3 Å². The van der Waals surface area contributed by atoms with Gasteiger partial charge in [0.05, 0.1) is 22.6 Å². The van der Waals surface area contributed by atoms with Crippen molar-refractivity contribution in [2.24, 2.45) is 0 Å². The molecule has 164 valence electrons. The van der Waals surface area contributed by atoms with Crippen molar-refractivity contribution >= 4 is 17.5 Å². The van der Waals surface area contributed by atoms with Crippen molar-refractivity contribution in [1.82, 2.24) is 9.78 Å². The zero-order chi connectivity index (χ0) is 23.0. The predicted octanol–water partition coefficient (Wildman–Crippen LogP) is 6.11. The molecule has 2 aromatic carbocycles. The van der Waals surface area contributed by atoms with Crippen molar-refractivity contribution in [3.05, 3.63) is 71.4 Å². The first-order valence-electron chi connectivity index (χ1n) is 9.16. The molecule has 31 heavy (non-hydrogen) atoms. The van der Waals surface area contributed by atoms with Gasteiger partial charge in [0.15, 0.2) is 0 Å². The zero-order valence-corrected chi connectivity index (χ0v) is 16.8. The Kier molecular flexibility index (Phi) is 5.75. The molecule has 2 N–H and O–H groups in total. The van der Waals surface area contributed by atoms with Crippen LogP contribution in [0.5, 0.6) is 0 Å². The summed E-state index contributed by atoms with van der Waals surface area (Å²) in [4.78, 5) is 12.5. The van der Waals surface area contributed by atoms with Gasteiger partial charge in [-0.05, 0) is 24.3 Å². The topological polar surface area (TPSA) is 59.0 Å². The average Bonchev–Trinajstić information content (AvgIpc) is 3.04. The van der Waals surface area contributed by atoms with Gasteiger partial charge in [-0.1, -0.05) is 32.9 Å². The van der Waals surface area contributed by atoms with E-state index in [1.165, 1.54) is 18.2 Å². The third-order valence-electron chi connectivity index (χ3n) is 4.29. The number of hydrogen-bond acceptors (Lipinski definition) is 2. The minimum absolute atomic E-state index is 0.000934. The number of amides is 2. The number of urea groups is 1. The van der Waals surface area contributed by atoms with E-state index in [2.05, 4.69) is 15.7 Å². The van der Waals surface area contributed by atoms with E-state index in [-0.39, 0.29) is 11.5 Å². The molecule has 0 saturated heterocycles.